The first-order valence-corrected chi connectivity index (χ1v) is 7.47. The molecule has 1 aliphatic rings. The van der Waals surface area contributed by atoms with Crippen LogP contribution in [-0.4, -0.2) is 11.4 Å². The Kier molecular flexibility index (Phi) is 4.91. The SMILES string of the molecule is N#CC1(NC(=O)CCc2cccc(Cl)c2Cl)CCCC1. The molecule has 3 nitrogen and oxygen atoms in total. The fraction of sp³-hybridized carbons (Fsp3) is 0.467. The Balaban J connectivity index is 1.93. The molecule has 1 fully saturated rings. The molecule has 0 saturated heterocycles. The molecule has 1 amide bonds. The lowest BCUT2D eigenvalue weighted by Crippen LogP contribution is -2.45. The van der Waals surface area contributed by atoms with Crippen molar-refractivity contribution in [2.45, 2.75) is 44.1 Å². The number of nitriles is 1. The van der Waals surface area contributed by atoms with E-state index < -0.39 is 5.54 Å². The van der Waals surface area contributed by atoms with Crippen LogP contribution in [0.5, 0.6) is 0 Å². The van der Waals surface area contributed by atoms with E-state index in [9.17, 15) is 10.1 Å². The quantitative estimate of drug-likeness (QED) is 0.917. The second kappa shape index (κ2) is 6.47. The predicted molar refractivity (Wildman–Crippen MR) is 79.7 cm³/mol. The predicted octanol–water partition coefficient (Wildman–Crippen LogP) is 3.88. The van der Waals surface area contributed by atoms with Crippen LogP contribution in [0.15, 0.2) is 18.2 Å². The van der Waals surface area contributed by atoms with Crippen LogP contribution < -0.4 is 5.32 Å². The average Bonchev–Trinajstić information content (AvgIpc) is 2.89. The van der Waals surface area contributed by atoms with Crippen molar-refractivity contribution in [3.63, 3.8) is 0 Å². The molecule has 0 radical (unpaired) electrons. The molecule has 1 aromatic rings. The normalized spacial score (nSPS) is 16.6. The third kappa shape index (κ3) is 3.45. The van der Waals surface area contributed by atoms with Gasteiger partial charge >= 0.3 is 0 Å². The molecule has 1 saturated carbocycles. The van der Waals surface area contributed by atoms with Gasteiger partial charge in [-0.25, -0.2) is 0 Å². The van der Waals surface area contributed by atoms with Gasteiger partial charge in [-0.05, 0) is 43.7 Å². The molecule has 1 N–H and O–H groups in total. The van der Waals surface area contributed by atoms with E-state index in [1.165, 1.54) is 0 Å². The third-order valence-electron chi connectivity index (χ3n) is 3.70. The Bertz CT molecular complexity index is 545. The summed E-state index contributed by atoms with van der Waals surface area (Å²) in [5, 5.41) is 13.1. The molecule has 0 spiro atoms. The second-order valence-corrected chi connectivity index (χ2v) is 5.95. The molecule has 0 bridgehead atoms. The summed E-state index contributed by atoms with van der Waals surface area (Å²) in [4.78, 5) is 12.0. The number of nitrogens with one attached hydrogen (secondary N) is 1. The van der Waals surface area contributed by atoms with E-state index >= 15 is 0 Å². The van der Waals surface area contributed by atoms with Crippen LogP contribution in [0.4, 0.5) is 0 Å². The van der Waals surface area contributed by atoms with Crippen molar-refractivity contribution in [3.05, 3.63) is 33.8 Å². The van der Waals surface area contributed by atoms with Gasteiger partial charge in [0.05, 0.1) is 16.1 Å². The topological polar surface area (TPSA) is 52.9 Å². The van der Waals surface area contributed by atoms with Gasteiger partial charge in [-0.15, -0.1) is 0 Å². The lowest BCUT2D eigenvalue weighted by molar-refractivity contribution is -0.122. The van der Waals surface area contributed by atoms with Crippen molar-refractivity contribution in [1.29, 1.82) is 5.26 Å². The summed E-state index contributed by atoms with van der Waals surface area (Å²) in [7, 11) is 0. The molecule has 0 atom stereocenters. The minimum atomic E-state index is -0.658. The van der Waals surface area contributed by atoms with Crippen molar-refractivity contribution >= 4 is 29.1 Å². The van der Waals surface area contributed by atoms with Gasteiger partial charge in [-0.1, -0.05) is 35.3 Å². The number of aryl methyl sites for hydroxylation is 1. The van der Waals surface area contributed by atoms with Crippen LogP contribution >= 0.6 is 23.2 Å². The highest BCUT2D eigenvalue weighted by molar-refractivity contribution is 6.42. The van der Waals surface area contributed by atoms with Crippen LogP contribution in [0.1, 0.15) is 37.7 Å². The molecule has 1 aliphatic carbocycles. The zero-order chi connectivity index (χ0) is 14.6. The maximum atomic E-state index is 12.0. The van der Waals surface area contributed by atoms with Crippen molar-refractivity contribution in [3.8, 4) is 6.07 Å². The second-order valence-electron chi connectivity index (χ2n) is 5.16. The largest absolute Gasteiger partial charge is 0.338 e. The summed E-state index contributed by atoms with van der Waals surface area (Å²) in [6.07, 6.45) is 4.30. The van der Waals surface area contributed by atoms with E-state index in [2.05, 4.69) is 11.4 Å². The molecule has 20 heavy (non-hydrogen) atoms. The molecular weight excluding hydrogens is 295 g/mol. The third-order valence-corrected chi connectivity index (χ3v) is 4.56. The number of rotatable bonds is 4. The lowest BCUT2D eigenvalue weighted by atomic mass is 9.99. The van der Waals surface area contributed by atoms with E-state index in [1.807, 2.05) is 12.1 Å². The first kappa shape index (κ1) is 15.2. The zero-order valence-corrected chi connectivity index (χ0v) is 12.6. The molecular formula is C15H16Cl2N2O. The standard InChI is InChI=1S/C15H16Cl2N2O/c16-12-5-3-4-11(14(12)17)6-7-13(20)19-15(10-18)8-1-2-9-15/h3-5H,1-2,6-9H2,(H,19,20). The monoisotopic (exact) mass is 310 g/mol. The Morgan fingerprint density at radius 1 is 1.35 bits per heavy atom. The maximum absolute atomic E-state index is 12.0. The molecule has 0 unspecified atom stereocenters. The molecule has 0 aliphatic heterocycles. The average molecular weight is 311 g/mol. The van der Waals surface area contributed by atoms with E-state index in [0.29, 0.717) is 22.9 Å². The molecule has 0 heterocycles. The van der Waals surface area contributed by atoms with Gasteiger partial charge in [0, 0.05) is 6.42 Å². The van der Waals surface area contributed by atoms with E-state index in [-0.39, 0.29) is 5.91 Å². The van der Waals surface area contributed by atoms with Crippen LogP contribution in [0, 0.1) is 11.3 Å². The summed E-state index contributed by atoms with van der Waals surface area (Å²) >= 11 is 12.0. The van der Waals surface area contributed by atoms with Gasteiger partial charge in [0.15, 0.2) is 0 Å². The summed E-state index contributed by atoms with van der Waals surface area (Å²) < 4.78 is 0. The molecule has 0 aromatic heterocycles. The molecule has 106 valence electrons. The number of hydrogen-bond donors (Lipinski definition) is 1. The van der Waals surface area contributed by atoms with E-state index in [4.69, 9.17) is 23.2 Å². The Labute approximate surface area is 128 Å². The maximum Gasteiger partial charge on any atom is 0.221 e. The Morgan fingerprint density at radius 2 is 2.05 bits per heavy atom. The number of carbonyl (C=O) groups excluding carboxylic acids is 1. The van der Waals surface area contributed by atoms with Gasteiger partial charge < -0.3 is 5.32 Å². The molecule has 1 aromatic carbocycles. The highest BCUT2D eigenvalue weighted by atomic mass is 35.5. The first-order valence-electron chi connectivity index (χ1n) is 6.71. The number of halogens is 2. The van der Waals surface area contributed by atoms with E-state index in [0.717, 1.165) is 31.2 Å². The molecule has 5 heteroatoms. The summed E-state index contributed by atoms with van der Waals surface area (Å²) in [5.41, 5.74) is 0.196. The van der Waals surface area contributed by atoms with Gasteiger partial charge in [0.1, 0.15) is 5.54 Å². The van der Waals surface area contributed by atoms with Crippen LogP contribution in [0.25, 0.3) is 0 Å². The number of amides is 1. The highest BCUT2D eigenvalue weighted by Crippen LogP contribution is 2.29. The number of nitrogens with zero attached hydrogens (tertiary/aromatic N) is 1. The highest BCUT2D eigenvalue weighted by Gasteiger charge is 2.35. The summed E-state index contributed by atoms with van der Waals surface area (Å²) in [6, 6.07) is 7.64. The van der Waals surface area contributed by atoms with Crippen molar-refractivity contribution in [2.24, 2.45) is 0 Å². The lowest BCUT2D eigenvalue weighted by Gasteiger charge is -2.22. The van der Waals surface area contributed by atoms with Crippen molar-refractivity contribution < 1.29 is 4.79 Å². The summed E-state index contributed by atoms with van der Waals surface area (Å²) in [5.74, 6) is -0.107. The first-order chi connectivity index (χ1) is 9.56. The van der Waals surface area contributed by atoms with E-state index in [1.54, 1.807) is 6.07 Å². The minimum Gasteiger partial charge on any atom is -0.338 e. The fourth-order valence-electron chi connectivity index (χ4n) is 2.56. The Morgan fingerprint density at radius 3 is 2.70 bits per heavy atom. The Hall–Kier alpha value is -1.24. The minimum absolute atomic E-state index is 0.107. The fourth-order valence-corrected chi connectivity index (χ4v) is 2.98. The van der Waals surface area contributed by atoms with Gasteiger partial charge in [0.25, 0.3) is 0 Å². The zero-order valence-electron chi connectivity index (χ0n) is 11.1. The van der Waals surface area contributed by atoms with Crippen LogP contribution in [-0.2, 0) is 11.2 Å². The van der Waals surface area contributed by atoms with Gasteiger partial charge in [0.2, 0.25) is 5.91 Å². The number of carbonyl (C=O) groups is 1. The van der Waals surface area contributed by atoms with Gasteiger partial charge in [-0.3, -0.25) is 4.79 Å². The summed E-state index contributed by atoms with van der Waals surface area (Å²) in [6.45, 7) is 0. The smallest absolute Gasteiger partial charge is 0.221 e. The van der Waals surface area contributed by atoms with Gasteiger partial charge in [-0.2, -0.15) is 5.26 Å². The number of benzene rings is 1. The van der Waals surface area contributed by atoms with Crippen LogP contribution in [0.3, 0.4) is 0 Å². The number of hydrogen-bond acceptors (Lipinski definition) is 2. The van der Waals surface area contributed by atoms with Crippen molar-refractivity contribution in [1.82, 2.24) is 5.32 Å². The molecule has 2 rings (SSSR count). The van der Waals surface area contributed by atoms with Crippen LogP contribution in [0.2, 0.25) is 10.0 Å². The van der Waals surface area contributed by atoms with Crippen molar-refractivity contribution in [2.75, 3.05) is 0 Å².